The van der Waals surface area contributed by atoms with Gasteiger partial charge in [-0.25, -0.2) is 14.3 Å². The lowest BCUT2D eigenvalue weighted by Crippen LogP contribution is -2.25. The van der Waals surface area contributed by atoms with Gasteiger partial charge in [0.15, 0.2) is 0 Å². The van der Waals surface area contributed by atoms with Gasteiger partial charge in [0, 0.05) is 12.6 Å². The normalized spacial score (nSPS) is 10.7. The van der Waals surface area contributed by atoms with Crippen molar-refractivity contribution < 1.29 is 14.3 Å². The molecule has 8 heteroatoms. The van der Waals surface area contributed by atoms with Gasteiger partial charge in [0.1, 0.15) is 18.2 Å². The number of aromatic nitrogens is 3. The van der Waals surface area contributed by atoms with Crippen molar-refractivity contribution in [3.8, 4) is 5.75 Å². The highest BCUT2D eigenvalue weighted by molar-refractivity contribution is 6.32. The Morgan fingerprint density at radius 1 is 1.35 bits per heavy atom. The number of hydrogen-bond donors (Lipinski definition) is 0. The molecule has 1 aromatic heterocycles. The van der Waals surface area contributed by atoms with E-state index in [9.17, 15) is 9.59 Å². The SMILES string of the molecule is COC(=O)c1ccc(Cl)c(OCCn2nc(C)n(C)c2=O)c1C. The van der Waals surface area contributed by atoms with E-state index < -0.39 is 5.97 Å². The minimum Gasteiger partial charge on any atom is -0.490 e. The van der Waals surface area contributed by atoms with Crippen LogP contribution in [-0.4, -0.2) is 34.0 Å². The Morgan fingerprint density at radius 2 is 2.04 bits per heavy atom. The molecule has 0 aliphatic rings. The molecule has 0 aliphatic heterocycles. The Morgan fingerprint density at radius 3 is 2.61 bits per heavy atom. The first kappa shape index (κ1) is 17.1. The molecule has 124 valence electrons. The number of carbonyl (C=O) groups is 1. The standard InChI is InChI=1S/C15H18ClN3O4/c1-9-11(14(20)22-4)5-6-12(16)13(9)23-8-7-19-15(21)18(3)10(2)17-19/h5-6H,7-8H2,1-4H3. The maximum absolute atomic E-state index is 11.9. The molecule has 0 amide bonds. The number of methoxy groups -OCH3 is 1. The van der Waals surface area contributed by atoms with Gasteiger partial charge in [-0.3, -0.25) is 4.57 Å². The third-order valence-electron chi connectivity index (χ3n) is 3.57. The van der Waals surface area contributed by atoms with Gasteiger partial charge >= 0.3 is 11.7 Å². The monoisotopic (exact) mass is 339 g/mol. The molecular weight excluding hydrogens is 322 g/mol. The largest absolute Gasteiger partial charge is 0.490 e. The van der Waals surface area contributed by atoms with E-state index in [1.807, 2.05) is 0 Å². The molecule has 1 aromatic carbocycles. The summed E-state index contributed by atoms with van der Waals surface area (Å²) in [6, 6.07) is 3.16. The Bertz CT molecular complexity index is 795. The van der Waals surface area contributed by atoms with Crippen LogP contribution in [0.3, 0.4) is 0 Å². The molecule has 0 saturated heterocycles. The Hall–Kier alpha value is -2.28. The number of hydrogen-bond acceptors (Lipinski definition) is 5. The highest BCUT2D eigenvalue weighted by Crippen LogP contribution is 2.31. The molecule has 2 rings (SSSR count). The zero-order valence-corrected chi connectivity index (χ0v) is 14.2. The summed E-state index contributed by atoms with van der Waals surface area (Å²) in [5.41, 5.74) is 0.767. The van der Waals surface area contributed by atoms with Crippen LogP contribution in [0.25, 0.3) is 0 Å². The maximum Gasteiger partial charge on any atom is 0.345 e. The summed E-state index contributed by atoms with van der Waals surface area (Å²) < 4.78 is 13.2. The van der Waals surface area contributed by atoms with Crippen LogP contribution >= 0.6 is 11.6 Å². The molecule has 1 heterocycles. The van der Waals surface area contributed by atoms with Crippen LogP contribution in [0.2, 0.25) is 5.02 Å². The Balaban J connectivity index is 2.16. The number of esters is 1. The summed E-state index contributed by atoms with van der Waals surface area (Å²) in [6.45, 7) is 3.95. The number of nitrogens with zero attached hydrogens (tertiary/aromatic N) is 3. The number of halogens is 1. The van der Waals surface area contributed by atoms with E-state index in [1.165, 1.54) is 16.4 Å². The lowest BCUT2D eigenvalue weighted by atomic mass is 10.1. The fourth-order valence-corrected chi connectivity index (χ4v) is 2.40. The third kappa shape index (κ3) is 3.39. The van der Waals surface area contributed by atoms with Gasteiger partial charge in [-0.15, -0.1) is 0 Å². The zero-order chi connectivity index (χ0) is 17.1. The molecule has 0 fully saturated rings. The summed E-state index contributed by atoms with van der Waals surface area (Å²) in [5, 5.41) is 4.51. The van der Waals surface area contributed by atoms with Gasteiger partial charge < -0.3 is 9.47 Å². The van der Waals surface area contributed by atoms with Crippen LogP contribution in [-0.2, 0) is 18.3 Å². The predicted octanol–water partition coefficient (Wildman–Crippen LogP) is 1.72. The van der Waals surface area contributed by atoms with Gasteiger partial charge in [0.2, 0.25) is 0 Å². The Labute approximate surface area is 138 Å². The summed E-state index contributed by atoms with van der Waals surface area (Å²) in [6.07, 6.45) is 0. The van der Waals surface area contributed by atoms with E-state index in [4.69, 9.17) is 21.1 Å². The number of benzene rings is 1. The van der Waals surface area contributed by atoms with E-state index >= 15 is 0 Å². The van der Waals surface area contributed by atoms with E-state index in [-0.39, 0.29) is 18.8 Å². The molecule has 0 spiro atoms. The molecule has 0 bridgehead atoms. The van der Waals surface area contributed by atoms with Crippen molar-refractivity contribution in [3.63, 3.8) is 0 Å². The van der Waals surface area contributed by atoms with Gasteiger partial charge in [0.25, 0.3) is 0 Å². The van der Waals surface area contributed by atoms with Crippen molar-refractivity contribution in [1.82, 2.24) is 14.3 Å². The maximum atomic E-state index is 11.9. The summed E-state index contributed by atoms with van der Waals surface area (Å²) in [5.74, 6) is 0.563. The summed E-state index contributed by atoms with van der Waals surface area (Å²) in [7, 11) is 2.97. The van der Waals surface area contributed by atoms with E-state index in [0.717, 1.165) is 0 Å². The van der Waals surface area contributed by atoms with Crippen LogP contribution in [0.5, 0.6) is 5.75 Å². The second kappa shape index (κ2) is 6.87. The molecule has 0 saturated carbocycles. The van der Waals surface area contributed by atoms with Crippen LogP contribution in [0.1, 0.15) is 21.7 Å². The van der Waals surface area contributed by atoms with Crippen LogP contribution < -0.4 is 10.4 Å². The molecule has 0 radical (unpaired) electrons. The number of carbonyl (C=O) groups excluding carboxylic acids is 1. The highest BCUT2D eigenvalue weighted by Gasteiger charge is 2.16. The quantitative estimate of drug-likeness (QED) is 0.775. The predicted molar refractivity (Wildman–Crippen MR) is 85.2 cm³/mol. The first-order valence-corrected chi connectivity index (χ1v) is 7.35. The third-order valence-corrected chi connectivity index (χ3v) is 3.87. The average Bonchev–Trinajstić information content (AvgIpc) is 2.77. The lowest BCUT2D eigenvalue weighted by molar-refractivity contribution is 0.0599. The summed E-state index contributed by atoms with van der Waals surface area (Å²) in [4.78, 5) is 23.6. The second-order valence-electron chi connectivity index (χ2n) is 5.00. The Kier molecular flexibility index (Phi) is 5.10. The molecular formula is C15H18ClN3O4. The van der Waals surface area contributed by atoms with Crippen LogP contribution in [0, 0.1) is 13.8 Å². The van der Waals surface area contributed by atoms with Crippen molar-refractivity contribution in [2.75, 3.05) is 13.7 Å². The first-order chi connectivity index (χ1) is 10.9. The van der Waals surface area contributed by atoms with E-state index in [2.05, 4.69) is 5.10 Å². The number of aryl methyl sites for hydroxylation is 1. The van der Waals surface area contributed by atoms with Crippen LogP contribution in [0.4, 0.5) is 0 Å². The average molecular weight is 340 g/mol. The molecule has 7 nitrogen and oxygen atoms in total. The van der Waals surface area contributed by atoms with Gasteiger partial charge in [-0.2, -0.15) is 5.10 Å². The van der Waals surface area contributed by atoms with Crippen LogP contribution in [0.15, 0.2) is 16.9 Å². The van der Waals surface area contributed by atoms with E-state index in [0.29, 0.717) is 27.7 Å². The molecule has 0 atom stereocenters. The minimum atomic E-state index is -0.458. The van der Waals surface area contributed by atoms with Gasteiger partial charge in [-0.05, 0) is 26.0 Å². The molecule has 2 aromatic rings. The number of ether oxygens (including phenoxy) is 2. The fraction of sp³-hybridized carbons (Fsp3) is 0.400. The topological polar surface area (TPSA) is 75.3 Å². The molecule has 0 aliphatic carbocycles. The summed E-state index contributed by atoms with van der Waals surface area (Å²) >= 11 is 6.13. The van der Waals surface area contributed by atoms with E-state index in [1.54, 1.807) is 33.0 Å². The number of rotatable bonds is 5. The van der Waals surface area contributed by atoms with Crippen molar-refractivity contribution in [1.29, 1.82) is 0 Å². The zero-order valence-electron chi connectivity index (χ0n) is 13.4. The van der Waals surface area contributed by atoms with Crippen molar-refractivity contribution in [3.05, 3.63) is 44.6 Å². The fourth-order valence-electron chi connectivity index (χ4n) is 2.14. The van der Waals surface area contributed by atoms with Crippen molar-refractivity contribution in [2.45, 2.75) is 20.4 Å². The van der Waals surface area contributed by atoms with Gasteiger partial charge in [0.05, 0.1) is 24.2 Å². The van der Waals surface area contributed by atoms with Crippen molar-refractivity contribution in [2.24, 2.45) is 7.05 Å². The smallest absolute Gasteiger partial charge is 0.345 e. The molecule has 0 N–H and O–H groups in total. The second-order valence-corrected chi connectivity index (χ2v) is 5.41. The molecule has 0 unspecified atom stereocenters. The highest BCUT2D eigenvalue weighted by atomic mass is 35.5. The first-order valence-electron chi connectivity index (χ1n) is 6.97. The lowest BCUT2D eigenvalue weighted by Gasteiger charge is -2.13. The molecule has 23 heavy (non-hydrogen) atoms. The van der Waals surface area contributed by atoms with Crippen molar-refractivity contribution >= 4 is 17.6 Å². The van der Waals surface area contributed by atoms with Gasteiger partial charge in [-0.1, -0.05) is 11.6 Å². The minimum absolute atomic E-state index is 0.196.